The van der Waals surface area contributed by atoms with Gasteiger partial charge in [0.1, 0.15) is 0 Å². The van der Waals surface area contributed by atoms with Gasteiger partial charge in [0.2, 0.25) is 0 Å². The van der Waals surface area contributed by atoms with Crippen molar-refractivity contribution in [2.24, 2.45) is 0 Å². The maximum Gasteiger partial charge on any atom is 0.0780 e. The molecular weight excluding hydrogens is 1110 g/mol. The summed E-state index contributed by atoms with van der Waals surface area (Å²) in [5.74, 6) is 7.34. The molecule has 343 valence electrons. The number of hydrogen-bond acceptors (Lipinski definition) is 3. The number of nitrogens with zero attached hydrogens (tertiary/aromatic N) is 3. The number of imidazole rings is 1. The second-order valence-electron chi connectivity index (χ2n) is 18.9. The van der Waals surface area contributed by atoms with Crippen LogP contribution in [-0.2, 0) is 20.1 Å². The predicted octanol–water partition coefficient (Wildman–Crippen LogP) is 17.2. The van der Waals surface area contributed by atoms with Gasteiger partial charge in [-0.2, -0.15) is 11.3 Å². The van der Waals surface area contributed by atoms with Crippen molar-refractivity contribution in [1.82, 2.24) is 14.5 Å². The molecule has 3 nitrogen and oxygen atoms in total. The number of hydrogen-bond donors (Lipinski definition) is 0. The molecule has 9 aromatic carbocycles. The zero-order chi connectivity index (χ0) is 48.0. The monoisotopic (exact) mass is 1160 g/mol. The molecule has 0 saturated carbocycles. The van der Waals surface area contributed by atoms with Gasteiger partial charge in [-0.3, -0.25) is 4.98 Å². The Balaban J connectivity index is 0.000000185. The SMILES string of the molecule is [2H]C(C)(C)c1cc(-c2[c-]cc(-c3ccccc3)cc2)nc[c]1[Ge]([CH3])([CH3])[CH3].[Ir].[c-]1ccc2c(sc3cc(-c4ccccc4)ccc32)c1-c1nc2cc3ccccc3cc2n1-c1ccc(-c2ccccc2)cc1. The van der Waals surface area contributed by atoms with Crippen molar-refractivity contribution in [3.63, 3.8) is 0 Å². The molecule has 0 spiro atoms. The van der Waals surface area contributed by atoms with Gasteiger partial charge in [-0.1, -0.05) is 120 Å². The first kappa shape index (κ1) is 45.7. The topological polar surface area (TPSA) is 30.7 Å². The summed E-state index contributed by atoms with van der Waals surface area (Å²) in [6, 6.07) is 79.6. The first-order chi connectivity index (χ1) is 34.0. The van der Waals surface area contributed by atoms with Crippen LogP contribution in [0.2, 0.25) is 17.3 Å². The molecular formula is C64H51GeIrN3S-2. The van der Waals surface area contributed by atoms with E-state index in [0.717, 1.165) is 50.5 Å². The van der Waals surface area contributed by atoms with E-state index in [1.54, 1.807) is 0 Å². The Morgan fingerprint density at radius 3 is 1.80 bits per heavy atom. The summed E-state index contributed by atoms with van der Waals surface area (Å²) in [5, 5.41) is 4.89. The van der Waals surface area contributed by atoms with Crippen molar-refractivity contribution in [3.05, 3.63) is 230 Å². The molecule has 0 aliphatic heterocycles. The van der Waals surface area contributed by atoms with Crippen molar-refractivity contribution in [2.45, 2.75) is 37.0 Å². The van der Waals surface area contributed by atoms with Crippen molar-refractivity contribution in [3.8, 4) is 61.7 Å². The van der Waals surface area contributed by atoms with Crippen LogP contribution in [0.15, 0.2) is 212 Å². The average molecular weight is 1160 g/mol. The maximum atomic E-state index is 8.59. The average Bonchev–Trinajstić information content (AvgIpc) is 3.96. The third kappa shape index (κ3) is 9.35. The Morgan fingerprint density at radius 1 is 0.586 bits per heavy atom. The number of rotatable bonds is 8. The Kier molecular flexibility index (Phi) is 13.0. The van der Waals surface area contributed by atoms with Gasteiger partial charge in [-0.25, -0.2) is 0 Å². The molecule has 0 aliphatic rings. The van der Waals surface area contributed by atoms with E-state index in [-0.39, 0.29) is 20.1 Å². The molecule has 0 bridgehead atoms. The number of aromatic nitrogens is 3. The van der Waals surface area contributed by atoms with Gasteiger partial charge < -0.3 is 4.57 Å². The molecule has 0 unspecified atom stereocenters. The Bertz CT molecular complexity index is 3820. The van der Waals surface area contributed by atoms with Crippen LogP contribution < -0.4 is 4.40 Å². The molecule has 0 atom stereocenters. The second-order valence-corrected chi connectivity index (χ2v) is 30.5. The van der Waals surface area contributed by atoms with E-state index in [9.17, 15) is 0 Å². The Hall–Kier alpha value is -6.73. The van der Waals surface area contributed by atoms with E-state index >= 15 is 0 Å². The van der Waals surface area contributed by atoms with Crippen LogP contribution in [0.25, 0.3) is 104 Å². The predicted molar refractivity (Wildman–Crippen MR) is 298 cm³/mol. The van der Waals surface area contributed by atoms with E-state index in [1.807, 2.05) is 61.7 Å². The van der Waals surface area contributed by atoms with Gasteiger partial charge in [0.05, 0.1) is 16.9 Å². The minimum Gasteiger partial charge on any atom is -0.333 e. The molecule has 6 heteroatoms. The quantitative estimate of drug-likeness (QED) is 0.112. The fraction of sp³-hybridized carbons (Fsp3) is 0.0938. The molecule has 70 heavy (non-hydrogen) atoms. The number of fused-ring (bicyclic) bond motifs is 5. The van der Waals surface area contributed by atoms with E-state index in [4.69, 9.17) is 11.3 Å². The fourth-order valence-corrected chi connectivity index (χ4v) is 13.9. The molecule has 0 fully saturated rings. The number of pyridine rings is 1. The summed E-state index contributed by atoms with van der Waals surface area (Å²) in [6.45, 7) is 3.93. The summed E-state index contributed by atoms with van der Waals surface area (Å²) in [7, 11) is 0. The van der Waals surface area contributed by atoms with Crippen molar-refractivity contribution in [1.29, 1.82) is 0 Å². The molecule has 0 saturated heterocycles. The van der Waals surface area contributed by atoms with E-state index in [2.05, 4.69) is 210 Å². The number of benzene rings is 9. The molecule has 3 aromatic heterocycles. The minimum absolute atomic E-state index is 0. The fourth-order valence-electron chi connectivity index (χ4n) is 9.35. The van der Waals surface area contributed by atoms with Crippen LogP contribution in [0.4, 0.5) is 0 Å². The zero-order valence-corrected chi connectivity index (χ0v) is 45.1. The third-order valence-electron chi connectivity index (χ3n) is 13.0. The third-order valence-corrected chi connectivity index (χ3v) is 18.4. The largest absolute Gasteiger partial charge is 0.333 e. The first-order valence-electron chi connectivity index (χ1n) is 24.0. The zero-order valence-electron chi connectivity index (χ0n) is 40.8. The molecule has 1 radical (unpaired) electrons. The molecule has 0 N–H and O–H groups in total. The van der Waals surface area contributed by atoms with Crippen molar-refractivity contribution >= 4 is 71.0 Å². The number of thiophene rings is 1. The molecule has 3 heterocycles. The summed E-state index contributed by atoms with van der Waals surface area (Å²) in [4.78, 5) is 10.0. The van der Waals surface area contributed by atoms with E-state index in [0.29, 0.717) is 0 Å². The van der Waals surface area contributed by atoms with Crippen molar-refractivity contribution < 1.29 is 21.5 Å². The van der Waals surface area contributed by atoms with Gasteiger partial charge in [-0.05, 0) is 73.4 Å². The van der Waals surface area contributed by atoms with Crippen LogP contribution in [0.5, 0.6) is 0 Å². The standard InChI is InChI=1S/C41H25N2S.C23H26GeN.Ir/c1-3-10-27(11-4-1)29-18-21-33(22-19-29)43-38-25-31-15-8-7-14-30(31)24-37(38)42-41(43)36-17-9-16-35-34-23-20-32(26-39(34)44-40(35)36)28-12-5-2-6-13-28;1-17(2)21-15-23(25-16-22(21)24(3,4)5)20-13-11-19(12-14-20)18-9-7-6-8-10-18;/h1-16,18-26H;6-13,15-17H,1-5H3;/q2*-1;/i;17D;. The van der Waals surface area contributed by atoms with E-state index in [1.165, 1.54) is 63.2 Å². The van der Waals surface area contributed by atoms with Crippen LogP contribution in [0.1, 0.15) is 26.7 Å². The van der Waals surface area contributed by atoms with Gasteiger partial charge in [-0.15, -0.1) is 18.2 Å². The van der Waals surface area contributed by atoms with Crippen molar-refractivity contribution in [2.75, 3.05) is 0 Å². The summed E-state index contributed by atoms with van der Waals surface area (Å²) in [5.41, 5.74) is 14.3. The minimum atomic E-state index is -2.09. The van der Waals surface area contributed by atoms with E-state index < -0.39 is 19.2 Å². The smallest absolute Gasteiger partial charge is 0.0780 e. The second kappa shape index (κ2) is 19.9. The molecule has 0 amide bonds. The van der Waals surface area contributed by atoms with Gasteiger partial charge in [0, 0.05) is 30.5 Å². The molecule has 12 rings (SSSR count). The summed E-state index contributed by atoms with van der Waals surface area (Å²) in [6.07, 6.45) is 2.01. The first-order valence-corrected chi connectivity index (χ1v) is 31.7. The van der Waals surface area contributed by atoms with Crippen LogP contribution >= 0.6 is 11.3 Å². The van der Waals surface area contributed by atoms with Crippen LogP contribution in [-0.4, -0.2) is 27.8 Å². The summed E-state index contributed by atoms with van der Waals surface area (Å²) < 4.78 is 14.7. The Labute approximate surface area is 432 Å². The normalized spacial score (nSPS) is 11.9. The van der Waals surface area contributed by atoms with Crippen LogP contribution in [0.3, 0.4) is 0 Å². The Morgan fingerprint density at radius 2 is 1.17 bits per heavy atom. The summed E-state index contributed by atoms with van der Waals surface area (Å²) >= 11 is -0.264. The molecule has 12 aromatic rings. The van der Waals surface area contributed by atoms with Gasteiger partial charge in [0.15, 0.2) is 0 Å². The van der Waals surface area contributed by atoms with Gasteiger partial charge in [0.25, 0.3) is 0 Å². The van der Waals surface area contributed by atoms with Crippen LogP contribution in [0, 0.1) is 12.1 Å². The van der Waals surface area contributed by atoms with Gasteiger partial charge >= 0.3 is 156 Å². The molecule has 0 aliphatic carbocycles. The maximum absolute atomic E-state index is 8.59.